The summed E-state index contributed by atoms with van der Waals surface area (Å²) in [4.78, 5) is 1.12. The molecule has 0 aliphatic rings. The Balaban J connectivity index is 2.29. The molecule has 1 aromatic heterocycles. The number of nitrogens with two attached hydrogens (primary N) is 1. The second-order valence-corrected chi connectivity index (χ2v) is 6.13. The zero-order valence-electron chi connectivity index (χ0n) is 13.7. The molecule has 122 valence electrons. The van der Waals surface area contributed by atoms with Gasteiger partial charge in [-0.25, -0.2) is 0 Å². The van der Waals surface area contributed by atoms with E-state index in [1.807, 2.05) is 19.1 Å². The first-order valence-electron chi connectivity index (χ1n) is 7.13. The molecule has 2 rings (SSSR count). The second kappa shape index (κ2) is 7.25. The Kier molecular flexibility index (Phi) is 5.35. The number of hydrogen-bond donors (Lipinski definition) is 1. The van der Waals surface area contributed by atoms with Crippen LogP contribution in [0.25, 0.3) is 0 Å². The predicted molar refractivity (Wildman–Crippen MR) is 91.7 cm³/mol. The van der Waals surface area contributed by atoms with Gasteiger partial charge in [-0.2, -0.15) is 5.26 Å². The summed E-state index contributed by atoms with van der Waals surface area (Å²) in [5, 5.41) is 9.71. The molecule has 0 bridgehead atoms. The minimum atomic E-state index is 0.583. The summed E-state index contributed by atoms with van der Waals surface area (Å²) in [5.74, 6) is 1.90. The van der Waals surface area contributed by atoms with Crippen molar-refractivity contribution in [3.63, 3.8) is 0 Å². The number of nitriles is 1. The van der Waals surface area contributed by atoms with E-state index in [9.17, 15) is 0 Å². The van der Waals surface area contributed by atoms with Gasteiger partial charge in [-0.3, -0.25) is 0 Å². The van der Waals surface area contributed by atoms with Gasteiger partial charge in [-0.05, 0) is 37.0 Å². The van der Waals surface area contributed by atoms with Crippen LogP contribution in [0.4, 0.5) is 5.00 Å². The summed E-state index contributed by atoms with van der Waals surface area (Å²) in [6, 6.07) is 6.00. The Morgan fingerprint density at radius 2 is 1.78 bits per heavy atom. The van der Waals surface area contributed by atoms with Crippen molar-refractivity contribution >= 4 is 16.3 Å². The molecule has 0 radical (unpaired) electrons. The summed E-state index contributed by atoms with van der Waals surface area (Å²) >= 11 is 1.47. The third-order valence-electron chi connectivity index (χ3n) is 3.79. The molecule has 0 aliphatic carbocycles. The Morgan fingerprint density at radius 1 is 1.09 bits per heavy atom. The first-order chi connectivity index (χ1) is 11.1. The van der Waals surface area contributed by atoms with Gasteiger partial charge < -0.3 is 19.9 Å². The number of hydrogen-bond acceptors (Lipinski definition) is 6. The number of methoxy groups -OCH3 is 3. The van der Waals surface area contributed by atoms with Crippen molar-refractivity contribution in [3.05, 3.63) is 33.7 Å². The van der Waals surface area contributed by atoms with Crippen LogP contribution in [0.15, 0.2) is 12.1 Å². The molecule has 0 unspecified atom stereocenters. The Labute approximate surface area is 140 Å². The standard InChI is InChI=1S/C17H20N2O3S/c1-10-12(9-18)17(19)23-14(10)8-6-11-5-7-13(20-2)16(22-4)15(11)21-3/h5,7H,6,8,19H2,1-4H3. The summed E-state index contributed by atoms with van der Waals surface area (Å²) in [6.45, 7) is 1.94. The van der Waals surface area contributed by atoms with Gasteiger partial charge in [0.15, 0.2) is 11.5 Å². The number of anilines is 1. The van der Waals surface area contributed by atoms with Crippen molar-refractivity contribution in [2.75, 3.05) is 27.1 Å². The van der Waals surface area contributed by atoms with Crippen molar-refractivity contribution in [1.29, 1.82) is 5.26 Å². The fourth-order valence-corrected chi connectivity index (χ4v) is 3.60. The normalized spacial score (nSPS) is 10.2. The monoisotopic (exact) mass is 332 g/mol. The summed E-state index contributed by atoms with van der Waals surface area (Å²) in [5.41, 5.74) is 8.47. The van der Waals surface area contributed by atoms with Gasteiger partial charge in [0.2, 0.25) is 5.75 Å². The van der Waals surface area contributed by atoms with Crippen LogP contribution < -0.4 is 19.9 Å². The molecule has 5 nitrogen and oxygen atoms in total. The largest absolute Gasteiger partial charge is 0.493 e. The summed E-state index contributed by atoms with van der Waals surface area (Å²) in [7, 11) is 4.80. The van der Waals surface area contributed by atoms with Crippen molar-refractivity contribution in [3.8, 4) is 23.3 Å². The van der Waals surface area contributed by atoms with Gasteiger partial charge in [0.05, 0.1) is 26.9 Å². The predicted octanol–water partition coefficient (Wildman–Crippen LogP) is 3.32. The van der Waals surface area contributed by atoms with Crippen molar-refractivity contribution in [2.45, 2.75) is 19.8 Å². The van der Waals surface area contributed by atoms with E-state index in [-0.39, 0.29) is 0 Å². The smallest absolute Gasteiger partial charge is 0.203 e. The lowest BCUT2D eigenvalue weighted by Gasteiger charge is -2.15. The van der Waals surface area contributed by atoms with Crippen LogP contribution in [0, 0.1) is 18.3 Å². The molecule has 0 saturated carbocycles. The van der Waals surface area contributed by atoms with Gasteiger partial charge in [0.1, 0.15) is 11.1 Å². The van der Waals surface area contributed by atoms with E-state index in [4.69, 9.17) is 25.2 Å². The van der Waals surface area contributed by atoms with E-state index in [1.165, 1.54) is 11.3 Å². The third-order valence-corrected chi connectivity index (χ3v) is 4.97. The van der Waals surface area contributed by atoms with Crippen LogP contribution in [0.2, 0.25) is 0 Å². The van der Waals surface area contributed by atoms with Gasteiger partial charge in [-0.15, -0.1) is 11.3 Å². The molecule has 6 heteroatoms. The summed E-state index contributed by atoms with van der Waals surface area (Å²) in [6.07, 6.45) is 1.55. The SMILES string of the molecule is COc1ccc(CCc2sc(N)c(C#N)c2C)c(OC)c1OC. The number of rotatable bonds is 6. The maximum atomic E-state index is 9.13. The molecule has 0 aliphatic heterocycles. The highest BCUT2D eigenvalue weighted by atomic mass is 32.1. The summed E-state index contributed by atoms with van der Waals surface area (Å²) < 4.78 is 16.2. The highest BCUT2D eigenvalue weighted by Crippen LogP contribution is 2.40. The van der Waals surface area contributed by atoms with E-state index >= 15 is 0 Å². The molecule has 0 amide bonds. The fraction of sp³-hybridized carbons (Fsp3) is 0.353. The lowest BCUT2D eigenvalue weighted by Crippen LogP contribution is -2.00. The van der Waals surface area contributed by atoms with Gasteiger partial charge in [-0.1, -0.05) is 6.07 Å². The quantitative estimate of drug-likeness (QED) is 0.878. The minimum absolute atomic E-state index is 0.583. The zero-order chi connectivity index (χ0) is 17.0. The minimum Gasteiger partial charge on any atom is -0.493 e. The number of nitrogen functional groups attached to an aromatic ring is 1. The number of nitrogens with zero attached hydrogens (tertiary/aromatic N) is 1. The van der Waals surface area contributed by atoms with Crippen LogP contribution in [-0.2, 0) is 12.8 Å². The molecule has 2 aromatic rings. The van der Waals surface area contributed by atoms with Gasteiger partial charge >= 0.3 is 0 Å². The molecule has 1 heterocycles. The van der Waals surface area contributed by atoms with E-state index in [1.54, 1.807) is 21.3 Å². The highest BCUT2D eigenvalue weighted by Gasteiger charge is 2.17. The van der Waals surface area contributed by atoms with Gasteiger partial charge in [0, 0.05) is 4.88 Å². The average molecular weight is 332 g/mol. The van der Waals surface area contributed by atoms with Crippen molar-refractivity contribution in [2.24, 2.45) is 0 Å². The average Bonchev–Trinajstić information content (AvgIpc) is 2.84. The zero-order valence-corrected chi connectivity index (χ0v) is 14.5. The Hall–Kier alpha value is -2.39. The van der Waals surface area contributed by atoms with Crippen LogP contribution in [0.5, 0.6) is 17.2 Å². The molecule has 0 atom stereocenters. The van der Waals surface area contributed by atoms with E-state index in [2.05, 4.69) is 6.07 Å². The van der Waals surface area contributed by atoms with Crippen LogP contribution >= 0.6 is 11.3 Å². The molecular formula is C17H20N2O3S. The molecule has 0 saturated heterocycles. The topological polar surface area (TPSA) is 77.5 Å². The molecule has 0 fully saturated rings. The third kappa shape index (κ3) is 3.20. The lowest BCUT2D eigenvalue weighted by molar-refractivity contribution is 0.322. The number of benzene rings is 1. The number of aryl methyl sites for hydroxylation is 2. The molecule has 0 spiro atoms. The molecular weight excluding hydrogens is 312 g/mol. The molecule has 1 aromatic carbocycles. The van der Waals surface area contributed by atoms with E-state index in [0.717, 1.165) is 28.8 Å². The van der Waals surface area contributed by atoms with E-state index < -0.39 is 0 Å². The molecule has 23 heavy (non-hydrogen) atoms. The number of ether oxygens (including phenoxy) is 3. The maximum Gasteiger partial charge on any atom is 0.203 e. The first kappa shape index (κ1) is 17.0. The maximum absolute atomic E-state index is 9.13. The second-order valence-electron chi connectivity index (χ2n) is 4.99. The van der Waals surface area contributed by atoms with Gasteiger partial charge in [0.25, 0.3) is 0 Å². The fourth-order valence-electron chi connectivity index (χ4n) is 2.57. The van der Waals surface area contributed by atoms with Crippen molar-refractivity contribution < 1.29 is 14.2 Å². The van der Waals surface area contributed by atoms with Crippen LogP contribution in [0.3, 0.4) is 0 Å². The Morgan fingerprint density at radius 3 is 2.30 bits per heavy atom. The highest BCUT2D eigenvalue weighted by molar-refractivity contribution is 7.16. The van der Waals surface area contributed by atoms with Crippen molar-refractivity contribution in [1.82, 2.24) is 0 Å². The lowest BCUT2D eigenvalue weighted by atomic mass is 10.0. The Bertz CT molecular complexity index is 747. The first-order valence-corrected chi connectivity index (χ1v) is 7.94. The van der Waals surface area contributed by atoms with E-state index in [0.29, 0.717) is 27.8 Å². The number of thiophene rings is 1. The molecule has 2 N–H and O–H groups in total. The van der Waals surface area contributed by atoms with Crippen LogP contribution in [-0.4, -0.2) is 21.3 Å². The van der Waals surface area contributed by atoms with Crippen LogP contribution in [0.1, 0.15) is 21.6 Å².